The number of ether oxygens (including phenoxy) is 1. The Morgan fingerprint density at radius 1 is 1.12 bits per heavy atom. The minimum Gasteiger partial charge on any atom is -0.491 e. The number of rotatable bonds is 8. The molecule has 0 aliphatic heterocycles. The van der Waals surface area contributed by atoms with Crippen LogP contribution >= 0.6 is 0 Å². The van der Waals surface area contributed by atoms with Gasteiger partial charge in [-0.05, 0) is 63.7 Å². The Morgan fingerprint density at radius 3 is 2.60 bits per heavy atom. The second-order valence-electron chi connectivity index (χ2n) is 6.72. The highest BCUT2D eigenvalue weighted by atomic mass is 16.5. The first-order valence-corrected chi connectivity index (χ1v) is 8.72. The lowest BCUT2D eigenvalue weighted by Crippen LogP contribution is -2.26. The molecular weight excluding hydrogens is 312 g/mol. The molecule has 0 aromatic heterocycles. The van der Waals surface area contributed by atoms with Gasteiger partial charge in [-0.25, -0.2) is 0 Å². The van der Waals surface area contributed by atoms with Gasteiger partial charge in [0.1, 0.15) is 5.75 Å². The maximum Gasteiger partial charge on any atom is 0.251 e. The van der Waals surface area contributed by atoms with Crippen LogP contribution in [0.2, 0.25) is 0 Å². The molecule has 0 fully saturated rings. The third-order valence-electron chi connectivity index (χ3n) is 3.70. The zero-order valence-electron chi connectivity index (χ0n) is 15.6. The number of nitrogens with zero attached hydrogens (tertiary/aromatic N) is 1. The van der Waals surface area contributed by atoms with Crippen molar-refractivity contribution in [2.45, 2.75) is 32.9 Å². The summed E-state index contributed by atoms with van der Waals surface area (Å²) in [5.41, 5.74) is 2.94. The molecule has 25 heavy (non-hydrogen) atoms. The summed E-state index contributed by atoms with van der Waals surface area (Å²) in [5, 5.41) is 3.00. The minimum atomic E-state index is -0.0390. The number of nitrogens with one attached hydrogen (secondary N) is 1. The van der Waals surface area contributed by atoms with Gasteiger partial charge >= 0.3 is 0 Å². The van der Waals surface area contributed by atoms with E-state index in [1.165, 1.54) is 0 Å². The van der Waals surface area contributed by atoms with Crippen molar-refractivity contribution in [1.29, 1.82) is 0 Å². The molecule has 0 heterocycles. The Hall–Kier alpha value is -2.33. The summed E-state index contributed by atoms with van der Waals surface area (Å²) < 4.78 is 5.82. The SMILES string of the molecule is CC(C)Oc1ccccc1CCNC(=O)c1cccc(CN(C)C)c1. The maximum absolute atomic E-state index is 12.4. The molecule has 0 atom stereocenters. The molecule has 1 N–H and O–H groups in total. The topological polar surface area (TPSA) is 41.6 Å². The van der Waals surface area contributed by atoms with Crippen molar-refractivity contribution >= 4 is 5.91 Å². The molecule has 4 nitrogen and oxygen atoms in total. The Morgan fingerprint density at radius 2 is 1.88 bits per heavy atom. The molecule has 1 amide bonds. The van der Waals surface area contributed by atoms with Crippen LogP contribution in [0, 0.1) is 0 Å². The highest BCUT2D eigenvalue weighted by molar-refractivity contribution is 5.94. The lowest BCUT2D eigenvalue weighted by atomic mass is 10.1. The lowest BCUT2D eigenvalue weighted by molar-refractivity contribution is 0.0953. The van der Waals surface area contributed by atoms with Crippen LogP contribution in [0.15, 0.2) is 48.5 Å². The minimum absolute atomic E-state index is 0.0390. The maximum atomic E-state index is 12.4. The van der Waals surface area contributed by atoms with Crippen molar-refractivity contribution in [1.82, 2.24) is 10.2 Å². The van der Waals surface area contributed by atoms with Gasteiger partial charge in [-0.15, -0.1) is 0 Å². The van der Waals surface area contributed by atoms with Gasteiger partial charge in [0.25, 0.3) is 5.91 Å². The van der Waals surface area contributed by atoms with Crippen LogP contribution in [0.25, 0.3) is 0 Å². The van der Waals surface area contributed by atoms with Crippen LogP contribution in [-0.2, 0) is 13.0 Å². The largest absolute Gasteiger partial charge is 0.491 e. The van der Waals surface area contributed by atoms with Crippen molar-refractivity contribution < 1.29 is 9.53 Å². The molecule has 0 saturated heterocycles. The Bertz CT molecular complexity index is 696. The van der Waals surface area contributed by atoms with Crippen molar-refractivity contribution in [3.8, 4) is 5.75 Å². The van der Waals surface area contributed by atoms with Crippen molar-refractivity contribution in [2.75, 3.05) is 20.6 Å². The van der Waals surface area contributed by atoms with Gasteiger partial charge in [0, 0.05) is 18.7 Å². The second-order valence-corrected chi connectivity index (χ2v) is 6.72. The lowest BCUT2D eigenvalue weighted by Gasteiger charge is -2.14. The van der Waals surface area contributed by atoms with Gasteiger partial charge < -0.3 is 15.0 Å². The number of benzene rings is 2. The average molecular weight is 340 g/mol. The molecule has 2 aromatic rings. The van der Waals surface area contributed by atoms with E-state index in [0.29, 0.717) is 12.1 Å². The van der Waals surface area contributed by atoms with Crippen LogP contribution in [0.5, 0.6) is 5.75 Å². The van der Waals surface area contributed by atoms with Crippen molar-refractivity contribution in [2.24, 2.45) is 0 Å². The normalized spacial score (nSPS) is 11.0. The molecule has 2 rings (SSSR count). The zero-order valence-corrected chi connectivity index (χ0v) is 15.6. The van der Waals surface area contributed by atoms with Gasteiger partial charge in [0.15, 0.2) is 0 Å². The molecule has 2 aromatic carbocycles. The fraction of sp³-hybridized carbons (Fsp3) is 0.381. The third-order valence-corrected chi connectivity index (χ3v) is 3.70. The fourth-order valence-electron chi connectivity index (χ4n) is 2.67. The molecule has 0 spiro atoms. The van der Waals surface area contributed by atoms with Gasteiger partial charge in [-0.1, -0.05) is 30.3 Å². The molecule has 134 valence electrons. The van der Waals surface area contributed by atoms with Crippen LogP contribution in [0.4, 0.5) is 0 Å². The van der Waals surface area contributed by atoms with Crippen molar-refractivity contribution in [3.05, 3.63) is 65.2 Å². The Labute approximate surface area is 150 Å². The number of carbonyl (C=O) groups is 1. The van der Waals surface area contributed by atoms with Crippen LogP contribution in [-0.4, -0.2) is 37.6 Å². The number of amides is 1. The first-order chi connectivity index (χ1) is 12.0. The summed E-state index contributed by atoms with van der Waals surface area (Å²) in [5.74, 6) is 0.850. The number of hydrogen-bond acceptors (Lipinski definition) is 3. The standard InChI is InChI=1S/C21H28N2O2/c1-16(2)25-20-11-6-5-9-18(20)12-13-22-21(24)19-10-7-8-17(14-19)15-23(3)4/h5-11,14,16H,12-13,15H2,1-4H3,(H,22,24). The Kier molecular flexibility index (Phi) is 7.02. The van der Waals surface area contributed by atoms with E-state index in [2.05, 4.69) is 10.2 Å². The summed E-state index contributed by atoms with van der Waals surface area (Å²) >= 11 is 0. The molecule has 0 unspecified atom stereocenters. The highest BCUT2D eigenvalue weighted by Gasteiger charge is 2.08. The molecule has 4 heteroatoms. The number of carbonyl (C=O) groups excluding carboxylic acids is 1. The van der Waals surface area contributed by atoms with E-state index >= 15 is 0 Å². The third kappa shape index (κ3) is 6.24. The molecule has 0 saturated carbocycles. The van der Waals surface area contributed by atoms with Gasteiger partial charge in [-0.3, -0.25) is 4.79 Å². The van der Waals surface area contributed by atoms with E-state index in [1.54, 1.807) is 0 Å². The summed E-state index contributed by atoms with van der Waals surface area (Å²) in [7, 11) is 4.03. The monoisotopic (exact) mass is 340 g/mol. The van der Waals surface area contributed by atoms with Crippen LogP contribution < -0.4 is 10.1 Å². The predicted molar refractivity (Wildman–Crippen MR) is 102 cm³/mol. The van der Waals surface area contributed by atoms with E-state index in [0.717, 1.165) is 29.8 Å². The van der Waals surface area contributed by atoms with E-state index in [9.17, 15) is 4.79 Å². The first-order valence-electron chi connectivity index (χ1n) is 8.72. The summed E-state index contributed by atoms with van der Waals surface area (Å²) in [6.45, 7) is 5.43. The average Bonchev–Trinajstić information content (AvgIpc) is 2.55. The molecular formula is C21H28N2O2. The van der Waals surface area contributed by atoms with Gasteiger partial charge in [-0.2, -0.15) is 0 Å². The zero-order chi connectivity index (χ0) is 18.2. The Balaban J connectivity index is 1.93. The fourth-order valence-corrected chi connectivity index (χ4v) is 2.67. The van der Waals surface area contributed by atoms with E-state index in [4.69, 9.17) is 4.74 Å². The molecule has 0 bridgehead atoms. The van der Waals surface area contributed by atoms with Crippen LogP contribution in [0.1, 0.15) is 35.3 Å². The van der Waals surface area contributed by atoms with E-state index < -0.39 is 0 Å². The van der Waals surface area contributed by atoms with E-state index in [1.807, 2.05) is 76.5 Å². The van der Waals surface area contributed by atoms with Gasteiger partial charge in [0.05, 0.1) is 6.10 Å². The number of para-hydroxylation sites is 1. The quantitative estimate of drug-likeness (QED) is 0.799. The summed E-state index contributed by atoms with van der Waals surface area (Å²) in [4.78, 5) is 14.5. The first kappa shape index (κ1) is 19.0. The molecule has 0 aliphatic carbocycles. The highest BCUT2D eigenvalue weighted by Crippen LogP contribution is 2.19. The predicted octanol–water partition coefficient (Wildman–Crippen LogP) is 3.51. The molecule has 0 aliphatic rings. The van der Waals surface area contributed by atoms with Crippen molar-refractivity contribution in [3.63, 3.8) is 0 Å². The molecule has 0 radical (unpaired) electrons. The van der Waals surface area contributed by atoms with Crippen LogP contribution in [0.3, 0.4) is 0 Å². The summed E-state index contributed by atoms with van der Waals surface area (Å²) in [6, 6.07) is 15.7. The van der Waals surface area contributed by atoms with Gasteiger partial charge in [0.2, 0.25) is 0 Å². The second kappa shape index (κ2) is 9.23. The summed E-state index contributed by atoms with van der Waals surface area (Å²) in [6.07, 6.45) is 0.877. The van der Waals surface area contributed by atoms with E-state index in [-0.39, 0.29) is 12.0 Å². The smallest absolute Gasteiger partial charge is 0.251 e. The number of hydrogen-bond donors (Lipinski definition) is 1.